The lowest BCUT2D eigenvalue weighted by Crippen LogP contribution is -2.45. The summed E-state index contributed by atoms with van der Waals surface area (Å²) in [6.07, 6.45) is 0. The van der Waals surface area contributed by atoms with Crippen molar-refractivity contribution in [3.05, 3.63) is 53.2 Å². The number of nitrogens with one attached hydrogen (secondary N) is 3. The molecule has 1 aliphatic rings. The van der Waals surface area contributed by atoms with Gasteiger partial charge in [-0.15, -0.1) is 0 Å². The van der Waals surface area contributed by atoms with Gasteiger partial charge in [0.15, 0.2) is 16.6 Å². The topological polar surface area (TPSA) is 90.1 Å². The Bertz CT molecular complexity index is 995. The van der Waals surface area contributed by atoms with Crippen LogP contribution in [-0.2, 0) is 4.79 Å². The number of hydrogen-bond acceptors (Lipinski definition) is 6. The van der Waals surface area contributed by atoms with E-state index in [0.29, 0.717) is 45.1 Å². The molecule has 0 spiro atoms. The van der Waals surface area contributed by atoms with E-state index >= 15 is 0 Å². The standard InChI is InChI=1S/C22H25N3O5S/c1-12-18(21(26)24-14-6-8-15(27-2)9-7-14)19(25-22(31)23-12)13-10-16(28-3)20(30-5)17(11-13)29-4/h6-11,19H,1-5H3,(H,24,26)(H2,23,25,31). The zero-order chi connectivity index (χ0) is 22.5. The van der Waals surface area contributed by atoms with Crippen LogP contribution >= 0.6 is 12.2 Å². The van der Waals surface area contributed by atoms with Gasteiger partial charge in [0.1, 0.15) is 5.75 Å². The Kier molecular flexibility index (Phi) is 6.86. The molecule has 0 aliphatic carbocycles. The molecule has 3 N–H and O–H groups in total. The first-order valence-corrected chi connectivity index (χ1v) is 9.86. The van der Waals surface area contributed by atoms with Gasteiger partial charge in [0, 0.05) is 11.4 Å². The molecule has 0 saturated heterocycles. The van der Waals surface area contributed by atoms with E-state index in [1.165, 1.54) is 7.11 Å². The van der Waals surface area contributed by atoms with Crippen LogP contribution in [0, 0.1) is 0 Å². The zero-order valence-electron chi connectivity index (χ0n) is 18.0. The molecule has 1 aliphatic heterocycles. The maximum Gasteiger partial charge on any atom is 0.255 e. The number of carbonyl (C=O) groups excluding carboxylic acids is 1. The van der Waals surface area contributed by atoms with E-state index in [2.05, 4.69) is 16.0 Å². The van der Waals surface area contributed by atoms with Crippen LogP contribution in [0.1, 0.15) is 18.5 Å². The fourth-order valence-corrected chi connectivity index (χ4v) is 3.66. The molecule has 1 unspecified atom stereocenters. The van der Waals surface area contributed by atoms with Gasteiger partial charge in [0.2, 0.25) is 5.75 Å². The lowest BCUT2D eigenvalue weighted by Gasteiger charge is -2.31. The molecule has 164 valence electrons. The van der Waals surface area contributed by atoms with E-state index in [9.17, 15) is 4.79 Å². The monoisotopic (exact) mass is 443 g/mol. The molecule has 8 nitrogen and oxygen atoms in total. The summed E-state index contributed by atoms with van der Waals surface area (Å²) >= 11 is 5.34. The Morgan fingerprint density at radius 2 is 1.58 bits per heavy atom. The molecule has 2 aromatic carbocycles. The molecule has 0 fully saturated rings. The minimum atomic E-state index is -0.527. The first-order chi connectivity index (χ1) is 14.9. The molecule has 31 heavy (non-hydrogen) atoms. The average Bonchev–Trinajstić information content (AvgIpc) is 2.77. The highest BCUT2D eigenvalue weighted by Gasteiger charge is 2.31. The van der Waals surface area contributed by atoms with Gasteiger partial charge in [-0.1, -0.05) is 0 Å². The summed E-state index contributed by atoms with van der Waals surface area (Å²) in [4.78, 5) is 13.2. The molecule has 1 amide bonds. The van der Waals surface area contributed by atoms with Crippen LogP contribution in [0.25, 0.3) is 0 Å². The number of carbonyl (C=O) groups is 1. The fraction of sp³-hybridized carbons (Fsp3) is 0.273. The van der Waals surface area contributed by atoms with E-state index in [-0.39, 0.29) is 5.91 Å². The van der Waals surface area contributed by atoms with Crippen molar-refractivity contribution in [3.63, 3.8) is 0 Å². The zero-order valence-corrected chi connectivity index (χ0v) is 18.8. The molecule has 2 aromatic rings. The Morgan fingerprint density at radius 3 is 2.10 bits per heavy atom. The van der Waals surface area contributed by atoms with Crippen LogP contribution in [0.15, 0.2) is 47.7 Å². The summed E-state index contributed by atoms with van der Waals surface area (Å²) in [5.74, 6) is 1.86. The van der Waals surface area contributed by atoms with Crippen LogP contribution in [-0.4, -0.2) is 39.5 Å². The Balaban J connectivity index is 2.00. The number of allylic oxidation sites excluding steroid dienone is 1. The second-order valence-corrected chi connectivity index (χ2v) is 7.12. The Hall–Kier alpha value is -3.46. The van der Waals surface area contributed by atoms with Gasteiger partial charge in [-0.25, -0.2) is 0 Å². The van der Waals surface area contributed by atoms with Gasteiger partial charge < -0.3 is 34.9 Å². The second-order valence-electron chi connectivity index (χ2n) is 6.71. The smallest absolute Gasteiger partial charge is 0.255 e. The number of ether oxygens (including phenoxy) is 4. The maximum atomic E-state index is 13.2. The van der Waals surface area contributed by atoms with Crippen molar-refractivity contribution in [1.82, 2.24) is 10.6 Å². The summed E-state index contributed by atoms with van der Waals surface area (Å²) in [5, 5.41) is 9.53. The van der Waals surface area contributed by atoms with Crippen molar-refractivity contribution in [2.75, 3.05) is 33.8 Å². The fourth-order valence-electron chi connectivity index (χ4n) is 3.39. The van der Waals surface area contributed by atoms with Crippen molar-refractivity contribution in [2.24, 2.45) is 0 Å². The van der Waals surface area contributed by atoms with E-state index in [4.69, 9.17) is 31.2 Å². The number of methoxy groups -OCH3 is 4. The van der Waals surface area contributed by atoms with Crippen molar-refractivity contribution >= 4 is 28.9 Å². The third kappa shape index (κ3) is 4.66. The largest absolute Gasteiger partial charge is 0.497 e. The number of benzene rings is 2. The molecule has 0 bridgehead atoms. The number of rotatable bonds is 7. The third-order valence-electron chi connectivity index (χ3n) is 4.88. The molecule has 1 heterocycles. The molecule has 9 heteroatoms. The highest BCUT2D eigenvalue weighted by atomic mass is 32.1. The highest BCUT2D eigenvalue weighted by molar-refractivity contribution is 7.80. The minimum absolute atomic E-state index is 0.274. The number of amides is 1. The van der Waals surface area contributed by atoms with Crippen molar-refractivity contribution in [2.45, 2.75) is 13.0 Å². The summed E-state index contributed by atoms with van der Waals surface area (Å²) < 4.78 is 21.5. The van der Waals surface area contributed by atoms with Crippen LogP contribution < -0.4 is 34.9 Å². The van der Waals surface area contributed by atoms with Gasteiger partial charge in [0.25, 0.3) is 5.91 Å². The van der Waals surface area contributed by atoms with Crippen molar-refractivity contribution < 1.29 is 23.7 Å². The number of hydrogen-bond donors (Lipinski definition) is 3. The number of anilines is 1. The first kappa shape index (κ1) is 22.2. The molecule has 0 radical (unpaired) electrons. The first-order valence-electron chi connectivity index (χ1n) is 9.45. The summed E-state index contributed by atoms with van der Waals surface area (Å²) in [6, 6.07) is 10.2. The summed E-state index contributed by atoms with van der Waals surface area (Å²) in [7, 11) is 6.21. The van der Waals surface area contributed by atoms with Gasteiger partial charge >= 0.3 is 0 Å². The SMILES string of the molecule is COc1ccc(NC(=O)C2=C(C)NC(=S)NC2c2cc(OC)c(OC)c(OC)c2)cc1. The van der Waals surface area contributed by atoms with E-state index in [1.54, 1.807) is 64.7 Å². The van der Waals surface area contributed by atoms with Crippen LogP contribution in [0.5, 0.6) is 23.0 Å². The summed E-state index contributed by atoms with van der Waals surface area (Å²) in [5.41, 5.74) is 2.51. The lowest BCUT2D eigenvalue weighted by molar-refractivity contribution is -0.113. The van der Waals surface area contributed by atoms with Gasteiger partial charge in [-0.05, 0) is 61.1 Å². The van der Waals surface area contributed by atoms with Gasteiger partial charge in [0.05, 0.1) is 40.1 Å². The number of thiocarbonyl (C=S) groups is 1. The quantitative estimate of drug-likeness (QED) is 0.563. The predicted octanol–water partition coefficient (Wildman–Crippen LogP) is 3.15. The second kappa shape index (κ2) is 9.57. The van der Waals surface area contributed by atoms with Crippen LogP contribution in [0.2, 0.25) is 0 Å². The van der Waals surface area contributed by atoms with Crippen LogP contribution in [0.4, 0.5) is 5.69 Å². The predicted molar refractivity (Wildman–Crippen MR) is 122 cm³/mol. The minimum Gasteiger partial charge on any atom is -0.497 e. The molecular weight excluding hydrogens is 418 g/mol. The molecule has 0 saturated carbocycles. The van der Waals surface area contributed by atoms with E-state index < -0.39 is 6.04 Å². The van der Waals surface area contributed by atoms with Crippen molar-refractivity contribution in [1.29, 1.82) is 0 Å². The Morgan fingerprint density at radius 1 is 0.968 bits per heavy atom. The molecule has 1 atom stereocenters. The van der Waals surface area contributed by atoms with Crippen LogP contribution in [0.3, 0.4) is 0 Å². The molecule has 0 aromatic heterocycles. The van der Waals surface area contributed by atoms with Crippen molar-refractivity contribution in [3.8, 4) is 23.0 Å². The van der Waals surface area contributed by atoms with Gasteiger partial charge in [-0.2, -0.15) is 0 Å². The maximum absolute atomic E-state index is 13.2. The third-order valence-corrected chi connectivity index (χ3v) is 5.10. The summed E-state index contributed by atoms with van der Waals surface area (Å²) in [6.45, 7) is 1.81. The van der Waals surface area contributed by atoms with Gasteiger partial charge in [-0.3, -0.25) is 4.79 Å². The lowest BCUT2D eigenvalue weighted by atomic mass is 9.94. The molecular formula is C22H25N3O5S. The molecule has 3 rings (SSSR count). The van der Waals surface area contributed by atoms with E-state index in [0.717, 1.165) is 5.56 Å². The average molecular weight is 444 g/mol. The highest BCUT2D eigenvalue weighted by Crippen LogP contribution is 2.41. The van der Waals surface area contributed by atoms with E-state index in [1.807, 2.05) is 0 Å². The normalized spacial score (nSPS) is 15.5. The Labute approximate surface area is 186 Å².